The van der Waals surface area contributed by atoms with Crippen LogP contribution in [0.5, 0.6) is 0 Å². The number of hydrogen-bond donors (Lipinski definition) is 1. The van der Waals surface area contributed by atoms with Crippen molar-refractivity contribution in [2.45, 2.75) is 39.2 Å². The van der Waals surface area contributed by atoms with Crippen LogP contribution in [0, 0.1) is 6.92 Å². The van der Waals surface area contributed by atoms with Crippen molar-refractivity contribution < 1.29 is 4.79 Å². The van der Waals surface area contributed by atoms with Gasteiger partial charge >= 0.3 is 0 Å². The van der Waals surface area contributed by atoms with Gasteiger partial charge in [0, 0.05) is 26.1 Å². The summed E-state index contributed by atoms with van der Waals surface area (Å²) in [6.07, 6.45) is 2.30. The topological polar surface area (TPSA) is 46.3 Å². The quantitative estimate of drug-likeness (QED) is 0.838. The molecule has 1 aromatic carbocycles. The normalized spacial score (nSPS) is 12.2. The molecular formula is C15H24N2O. The summed E-state index contributed by atoms with van der Waals surface area (Å²) >= 11 is 0. The van der Waals surface area contributed by atoms with Crippen LogP contribution < -0.4 is 5.73 Å². The third-order valence-electron chi connectivity index (χ3n) is 3.36. The summed E-state index contributed by atoms with van der Waals surface area (Å²) in [4.78, 5) is 13.7. The van der Waals surface area contributed by atoms with Crippen LogP contribution in [0.25, 0.3) is 0 Å². The molecule has 2 N–H and O–H groups in total. The molecule has 1 aromatic rings. The van der Waals surface area contributed by atoms with E-state index in [-0.39, 0.29) is 11.9 Å². The lowest BCUT2D eigenvalue weighted by Crippen LogP contribution is -2.38. The second kappa shape index (κ2) is 7.17. The predicted molar refractivity (Wildman–Crippen MR) is 75.4 cm³/mol. The third kappa shape index (κ3) is 4.15. The van der Waals surface area contributed by atoms with Crippen molar-refractivity contribution in [1.29, 1.82) is 0 Å². The van der Waals surface area contributed by atoms with Gasteiger partial charge in [0.05, 0.1) is 0 Å². The summed E-state index contributed by atoms with van der Waals surface area (Å²) in [6.45, 7) is 4.62. The van der Waals surface area contributed by atoms with Crippen LogP contribution in [-0.4, -0.2) is 30.4 Å². The van der Waals surface area contributed by atoms with E-state index in [0.717, 1.165) is 12.8 Å². The van der Waals surface area contributed by atoms with Gasteiger partial charge in [-0.25, -0.2) is 0 Å². The van der Waals surface area contributed by atoms with E-state index in [1.807, 2.05) is 11.9 Å². The molecule has 0 saturated carbocycles. The fourth-order valence-corrected chi connectivity index (χ4v) is 2.05. The van der Waals surface area contributed by atoms with Crippen molar-refractivity contribution in [2.24, 2.45) is 5.73 Å². The maximum absolute atomic E-state index is 11.8. The van der Waals surface area contributed by atoms with E-state index >= 15 is 0 Å². The molecule has 0 fully saturated rings. The Bertz CT molecular complexity index is 373. The number of benzene rings is 1. The number of carbonyl (C=O) groups is 1. The maximum atomic E-state index is 11.8. The molecule has 0 aliphatic heterocycles. The smallest absolute Gasteiger partial charge is 0.223 e. The van der Waals surface area contributed by atoms with Gasteiger partial charge in [-0.3, -0.25) is 4.79 Å². The zero-order chi connectivity index (χ0) is 13.5. The number of amides is 1. The SMILES string of the molecule is CC[C@H](Cc1ccc(C)cc1)N(C)C(=O)CCN. The highest BCUT2D eigenvalue weighted by atomic mass is 16.2. The molecule has 0 radical (unpaired) electrons. The molecule has 1 atom stereocenters. The zero-order valence-corrected chi connectivity index (χ0v) is 11.6. The van der Waals surface area contributed by atoms with Crippen molar-refractivity contribution in [2.75, 3.05) is 13.6 Å². The first-order valence-electron chi connectivity index (χ1n) is 6.59. The van der Waals surface area contributed by atoms with Gasteiger partial charge in [0.2, 0.25) is 5.91 Å². The summed E-state index contributed by atoms with van der Waals surface area (Å²) in [5, 5.41) is 0. The summed E-state index contributed by atoms with van der Waals surface area (Å²) in [5.41, 5.74) is 7.97. The van der Waals surface area contributed by atoms with Gasteiger partial charge in [-0.2, -0.15) is 0 Å². The number of likely N-dealkylation sites (N-methyl/N-ethyl adjacent to an activating group) is 1. The van der Waals surface area contributed by atoms with E-state index in [4.69, 9.17) is 5.73 Å². The Kier molecular flexibility index (Phi) is 5.86. The number of rotatable bonds is 6. The fraction of sp³-hybridized carbons (Fsp3) is 0.533. The molecule has 0 heterocycles. The zero-order valence-electron chi connectivity index (χ0n) is 11.6. The Morgan fingerprint density at radius 2 is 1.94 bits per heavy atom. The van der Waals surface area contributed by atoms with Crippen LogP contribution in [0.3, 0.4) is 0 Å². The fourth-order valence-electron chi connectivity index (χ4n) is 2.05. The first kappa shape index (κ1) is 14.7. The molecule has 0 unspecified atom stereocenters. The highest BCUT2D eigenvalue weighted by molar-refractivity contribution is 5.76. The predicted octanol–water partition coefficient (Wildman–Crippen LogP) is 2.12. The summed E-state index contributed by atoms with van der Waals surface area (Å²) in [5.74, 6) is 0.136. The Morgan fingerprint density at radius 1 is 1.33 bits per heavy atom. The van der Waals surface area contributed by atoms with Crippen molar-refractivity contribution >= 4 is 5.91 Å². The van der Waals surface area contributed by atoms with Gasteiger partial charge in [0.25, 0.3) is 0 Å². The van der Waals surface area contributed by atoms with Crippen LogP contribution in [0.4, 0.5) is 0 Å². The molecule has 0 aliphatic rings. The minimum Gasteiger partial charge on any atom is -0.342 e. The molecule has 0 saturated heterocycles. The van der Waals surface area contributed by atoms with Crippen molar-refractivity contribution in [3.8, 4) is 0 Å². The molecule has 0 spiro atoms. The van der Waals surface area contributed by atoms with Crippen LogP contribution in [0.1, 0.15) is 30.9 Å². The average molecular weight is 248 g/mol. The summed E-state index contributed by atoms with van der Waals surface area (Å²) in [6, 6.07) is 8.76. The van der Waals surface area contributed by atoms with Gasteiger partial charge in [0.1, 0.15) is 0 Å². The van der Waals surface area contributed by atoms with Gasteiger partial charge in [-0.15, -0.1) is 0 Å². The standard InChI is InChI=1S/C15H24N2O/c1-4-14(17(3)15(18)9-10-16)11-13-7-5-12(2)6-8-13/h5-8,14H,4,9-11,16H2,1-3H3/t14-/m1/s1. The van der Waals surface area contributed by atoms with E-state index in [1.54, 1.807) is 0 Å². The van der Waals surface area contributed by atoms with E-state index in [2.05, 4.69) is 38.1 Å². The van der Waals surface area contributed by atoms with Crippen LogP contribution in [0.15, 0.2) is 24.3 Å². The monoisotopic (exact) mass is 248 g/mol. The number of hydrogen-bond acceptors (Lipinski definition) is 2. The van der Waals surface area contributed by atoms with Gasteiger partial charge in [-0.05, 0) is 25.3 Å². The second-order valence-electron chi connectivity index (χ2n) is 4.80. The average Bonchev–Trinajstić information content (AvgIpc) is 2.37. The first-order chi connectivity index (χ1) is 8.58. The van der Waals surface area contributed by atoms with Crippen LogP contribution in [-0.2, 0) is 11.2 Å². The van der Waals surface area contributed by atoms with E-state index in [9.17, 15) is 4.79 Å². The molecule has 0 aliphatic carbocycles. The van der Waals surface area contributed by atoms with E-state index < -0.39 is 0 Å². The van der Waals surface area contributed by atoms with E-state index in [0.29, 0.717) is 13.0 Å². The highest BCUT2D eigenvalue weighted by Gasteiger charge is 2.17. The minimum absolute atomic E-state index is 0.136. The third-order valence-corrected chi connectivity index (χ3v) is 3.36. The Labute approximate surface area is 110 Å². The minimum atomic E-state index is 0.136. The second-order valence-corrected chi connectivity index (χ2v) is 4.80. The Hall–Kier alpha value is -1.35. The van der Waals surface area contributed by atoms with Crippen molar-refractivity contribution in [3.05, 3.63) is 35.4 Å². The Balaban J connectivity index is 2.66. The molecule has 1 rings (SSSR count). The molecule has 1 amide bonds. The summed E-state index contributed by atoms with van der Waals surface area (Å²) in [7, 11) is 1.88. The van der Waals surface area contributed by atoms with Crippen LogP contribution in [0.2, 0.25) is 0 Å². The lowest BCUT2D eigenvalue weighted by Gasteiger charge is -2.27. The molecule has 0 aromatic heterocycles. The van der Waals surface area contributed by atoms with Crippen molar-refractivity contribution in [1.82, 2.24) is 4.90 Å². The summed E-state index contributed by atoms with van der Waals surface area (Å²) < 4.78 is 0. The number of carbonyl (C=O) groups excluding carboxylic acids is 1. The number of nitrogens with zero attached hydrogens (tertiary/aromatic N) is 1. The highest BCUT2D eigenvalue weighted by Crippen LogP contribution is 2.12. The molecular weight excluding hydrogens is 224 g/mol. The van der Waals surface area contributed by atoms with Gasteiger partial charge in [-0.1, -0.05) is 36.8 Å². The molecule has 3 nitrogen and oxygen atoms in total. The largest absolute Gasteiger partial charge is 0.342 e. The molecule has 18 heavy (non-hydrogen) atoms. The van der Waals surface area contributed by atoms with E-state index in [1.165, 1.54) is 11.1 Å². The lowest BCUT2D eigenvalue weighted by atomic mass is 10.0. The van der Waals surface area contributed by atoms with Gasteiger partial charge < -0.3 is 10.6 Å². The van der Waals surface area contributed by atoms with Crippen molar-refractivity contribution in [3.63, 3.8) is 0 Å². The van der Waals surface area contributed by atoms with Crippen LogP contribution >= 0.6 is 0 Å². The number of nitrogens with two attached hydrogens (primary N) is 1. The molecule has 0 bridgehead atoms. The Morgan fingerprint density at radius 3 is 2.44 bits per heavy atom. The maximum Gasteiger partial charge on any atom is 0.223 e. The lowest BCUT2D eigenvalue weighted by molar-refractivity contribution is -0.131. The number of aryl methyl sites for hydroxylation is 1. The molecule has 3 heteroatoms. The molecule has 100 valence electrons. The van der Waals surface area contributed by atoms with Gasteiger partial charge in [0.15, 0.2) is 0 Å². The first-order valence-corrected chi connectivity index (χ1v) is 6.59.